The Morgan fingerprint density at radius 2 is 1.71 bits per heavy atom. The molecule has 4 rings (SSSR count). The van der Waals surface area contributed by atoms with Crippen LogP contribution in [0.4, 0.5) is 11.4 Å². The van der Waals surface area contributed by atoms with Gasteiger partial charge in [-0.1, -0.05) is 53.7 Å². The van der Waals surface area contributed by atoms with Crippen LogP contribution in [0.5, 0.6) is 5.75 Å². The fraction of sp³-hybridized carbons (Fsp3) is 0.120. The summed E-state index contributed by atoms with van der Waals surface area (Å²) in [4.78, 5) is 29.3. The van der Waals surface area contributed by atoms with Crippen molar-refractivity contribution in [3.8, 4) is 17.1 Å². The summed E-state index contributed by atoms with van der Waals surface area (Å²) in [5.74, 6) is 0.922. The molecule has 3 aromatic carbocycles. The second kappa shape index (κ2) is 10.7. The fourth-order valence-corrected chi connectivity index (χ4v) is 3.72. The van der Waals surface area contributed by atoms with E-state index in [2.05, 4.69) is 25.8 Å². The van der Waals surface area contributed by atoms with Gasteiger partial charge in [0.15, 0.2) is 5.82 Å². The number of aromatic nitrogens is 3. The first kappa shape index (κ1) is 23.1. The fourth-order valence-electron chi connectivity index (χ4n) is 3.13. The van der Waals surface area contributed by atoms with Gasteiger partial charge in [0.25, 0.3) is 5.91 Å². The highest BCUT2D eigenvalue weighted by atomic mass is 32.2. The average Bonchev–Trinajstić information content (AvgIpc) is 3.33. The van der Waals surface area contributed by atoms with Crippen LogP contribution in [-0.2, 0) is 4.79 Å². The number of nitrogens with one attached hydrogen (secondary N) is 3. The van der Waals surface area contributed by atoms with Gasteiger partial charge in [0.1, 0.15) is 5.75 Å². The number of amides is 2. The van der Waals surface area contributed by atoms with E-state index in [-0.39, 0.29) is 17.6 Å². The SMILES string of the molecule is COc1ccccc1NC(=O)c1ccc(NC(=O)CSc2n[nH]c(-c3ccc(C)cc3)n2)cc1. The molecule has 34 heavy (non-hydrogen) atoms. The van der Waals surface area contributed by atoms with Gasteiger partial charge in [0.05, 0.1) is 18.6 Å². The summed E-state index contributed by atoms with van der Waals surface area (Å²) in [7, 11) is 1.55. The summed E-state index contributed by atoms with van der Waals surface area (Å²) in [6.45, 7) is 2.02. The highest BCUT2D eigenvalue weighted by molar-refractivity contribution is 7.99. The van der Waals surface area contributed by atoms with Gasteiger partial charge in [-0.2, -0.15) is 0 Å². The van der Waals surface area contributed by atoms with Gasteiger partial charge in [-0.15, -0.1) is 5.10 Å². The molecule has 4 aromatic rings. The number of ether oxygens (including phenoxy) is 1. The van der Waals surface area contributed by atoms with Gasteiger partial charge in [0, 0.05) is 16.8 Å². The van der Waals surface area contributed by atoms with E-state index in [4.69, 9.17) is 4.74 Å². The van der Waals surface area contributed by atoms with Crippen molar-refractivity contribution in [2.24, 2.45) is 0 Å². The van der Waals surface area contributed by atoms with Gasteiger partial charge in [-0.3, -0.25) is 14.7 Å². The molecule has 0 saturated carbocycles. The van der Waals surface area contributed by atoms with Gasteiger partial charge in [-0.25, -0.2) is 4.98 Å². The second-order valence-electron chi connectivity index (χ2n) is 7.40. The van der Waals surface area contributed by atoms with Gasteiger partial charge in [-0.05, 0) is 43.3 Å². The molecule has 8 nitrogen and oxygen atoms in total. The highest BCUT2D eigenvalue weighted by Gasteiger charge is 2.12. The largest absolute Gasteiger partial charge is 0.495 e. The van der Waals surface area contributed by atoms with Crippen molar-refractivity contribution in [1.82, 2.24) is 15.2 Å². The topological polar surface area (TPSA) is 109 Å². The number of thioether (sulfide) groups is 1. The van der Waals surface area contributed by atoms with Gasteiger partial charge < -0.3 is 15.4 Å². The molecule has 0 unspecified atom stereocenters. The quantitative estimate of drug-likeness (QED) is 0.318. The minimum Gasteiger partial charge on any atom is -0.495 e. The van der Waals surface area contributed by atoms with E-state index in [0.29, 0.717) is 33.7 Å². The number of aryl methyl sites for hydroxylation is 1. The lowest BCUT2D eigenvalue weighted by molar-refractivity contribution is -0.113. The molecule has 0 bridgehead atoms. The third-order valence-corrected chi connectivity index (χ3v) is 5.76. The number of H-pyrrole nitrogens is 1. The third-order valence-electron chi connectivity index (χ3n) is 4.91. The molecule has 172 valence electrons. The number of methoxy groups -OCH3 is 1. The van der Waals surface area contributed by atoms with Crippen molar-refractivity contribution in [3.05, 3.63) is 83.9 Å². The lowest BCUT2D eigenvalue weighted by Crippen LogP contribution is -2.15. The molecule has 3 N–H and O–H groups in total. The molecule has 0 aliphatic rings. The number of benzene rings is 3. The van der Waals surface area contributed by atoms with Crippen molar-refractivity contribution in [1.29, 1.82) is 0 Å². The predicted molar refractivity (Wildman–Crippen MR) is 133 cm³/mol. The zero-order valence-corrected chi connectivity index (χ0v) is 19.5. The summed E-state index contributed by atoms with van der Waals surface area (Å²) in [6, 6.07) is 21.8. The highest BCUT2D eigenvalue weighted by Crippen LogP contribution is 2.24. The van der Waals surface area contributed by atoms with Crippen LogP contribution >= 0.6 is 11.8 Å². The smallest absolute Gasteiger partial charge is 0.255 e. The van der Waals surface area contributed by atoms with Crippen molar-refractivity contribution < 1.29 is 14.3 Å². The molecular formula is C25H23N5O3S. The molecule has 9 heteroatoms. The monoisotopic (exact) mass is 473 g/mol. The first-order valence-corrected chi connectivity index (χ1v) is 11.5. The first-order chi connectivity index (χ1) is 16.5. The van der Waals surface area contributed by atoms with Gasteiger partial charge in [0.2, 0.25) is 11.1 Å². The Hall–Kier alpha value is -4.11. The summed E-state index contributed by atoms with van der Waals surface area (Å²) >= 11 is 1.24. The number of nitrogens with zero attached hydrogens (tertiary/aromatic N) is 2. The summed E-state index contributed by atoms with van der Waals surface area (Å²) in [5, 5.41) is 13.2. The van der Waals surface area contributed by atoms with E-state index in [0.717, 1.165) is 5.56 Å². The normalized spacial score (nSPS) is 10.5. The van der Waals surface area contributed by atoms with Crippen LogP contribution in [0.3, 0.4) is 0 Å². The molecule has 0 aliphatic carbocycles. The summed E-state index contributed by atoms with van der Waals surface area (Å²) < 4.78 is 5.25. The average molecular weight is 474 g/mol. The molecule has 2 amide bonds. The Morgan fingerprint density at radius 1 is 0.971 bits per heavy atom. The molecule has 0 fully saturated rings. The van der Waals surface area contributed by atoms with E-state index < -0.39 is 0 Å². The Morgan fingerprint density at radius 3 is 2.44 bits per heavy atom. The molecule has 0 spiro atoms. The van der Waals surface area contributed by atoms with Crippen LogP contribution in [0.25, 0.3) is 11.4 Å². The Balaban J connectivity index is 1.29. The molecule has 0 radical (unpaired) electrons. The van der Waals surface area contributed by atoms with E-state index in [9.17, 15) is 9.59 Å². The Kier molecular flexibility index (Phi) is 7.24. The maximum atomic E-state index is 12.5. The molecular weight excluding hydrogens is 450 g/mol. The van der Waals surface area contributed by atoms with Crippen LogP contribution < -0.4 is 15.4 Å². The minimum absolute atomic E-state index is 0.154. The van der Waals surface area contributed by atoms with Crippen molar-refractivity contribution in [3.63, 3.8) is 0 Å². The number of hydrogen-bond acceptors (Lipinski definition) is 6. The van der Waals surface area contributed by atoms with Crippen molar-refractivity contribution in [2.45, 2.75) is 12.1 Å². The number of carbonyl (C=O) groups is 2. The van der Waals surface area contributed by atoms with Crippen molar-refractivity contribution in [2.75, 3.05) is 23.5 Å². The van der Waals surface area contributed by atoms with E-state index in [1.165, 1.54) is 17.3 Å². The minimum atomic E-state index is -0.271. The van der Waals surface area contributed by atoms with Crippen LogP contribution in [0.15, 0.2) is 78.0 Å². The first-order valence-electron chi connectivity index (χ1n) is 10.5. The maximum Gasteiger partial charge on any atom is 0.255 e. The number of aromatic amines is 1. The van der Waals surface area contributed by atoms with Crippen LogP contribution in [0, 0.1) is 6.92 Å². The lowest BCUT2D eigenvalue weighted by Gasteiger charge is -2.10. The van der Waals surface area contributed by atoms with Crippen molar-refractivity contribution >= 4 is 35.0 Å². The third kappa shape index (κ3) is 5.81. The zero-order valence-electron chi connectivity index (χ0n) is 18.7. The summed E-state index contributed by atoms with van der Waals surface area (Å²) in [6.07, 6.45) is 0. The predicted octanol–water partition coefficient (Wildman–Crippen LogP) is 4.77. The van der Waals surface area contributed by atoms with Gasteiger partial charge >= 0.3 is 0 Å². The Labute approximate surface area is 201 Å². The van der Waals surface area contributed by atoms with E-state index in [1.807, 2.05) is 43.3 Å². The van der Waals surface area contributed by atoms with Crippen LogP contribution in [0.2, 0.25) is 0 Å². The summed E-state index contributed by atoms with van der Waals surface area (Å²) in [5.41, 5.74) is 3.74. The molecule has 0 atom stereocenters. The van der Waals surface area contributed by atoms with Crippen LogP contribution in [-0.4, -0.2) is 39.9 Å². The second-order valence-corrected chi connectivity index (χ2v) is 8.34. The van der Waals surface area contributed by atoms with Crippen LogP contribution in [0.1, 0.15) is 15.9 Å². The lowest BCUT2D eigenvalue weighted by atomic mass is 10.1. The van der Waals surface area contributed by atoms with E-state index >= 15 is 0 Å². The Bertz CT molecular complexity index is 1290. The molecule has 1 aromatic heterocycles. The molecule has 0 saturated heterocycles. The molecule has 1 heterocycles. The number of hydrogen-bond donors (Lipinski definition) is 3. The number of carbonyl (C=O) groups excluding carboxylic acids is 2. The maximum absolute atomic E-state index is 12.5. The standard InChI is InChI=1S/C25H23N5O3S/c1-16-7-9-17(10-8-16)23-28-25(30-29-23)34-15-22(31)26-19-13-11-18(12-14-19)24(32)27-20-5-3-4-6-21(20)33-2/h3-14H,15H2,1-2H3,(H,26,31)(H,27,32)(H,28,29,30). The number of rotatable bonds is 8. The number of anilines is 2. The molecule has 0 aliphatic heterocycles. The zero-order chi connectivity index (χ0) is 23.9. The number of para-hydroxylation sites is 2. The van der Waals surface area contributed by atoms with E-state index in [1.54, 1.807) is 43.5 Å².